The van der Waals surface area contributed by atoms with E-state index in [0.29, 0.717) is 18.8 Å². The third kappa shape index (κ3) is 6.97. The average Bonchev–Trinajstić information content (AvgIpc) is 2.66. The van der Waals surface area contributed by atoms with Crippen molar-refractivity contribution in [2.75, 3.05) is 38.1 Å². The highest BCUT2D eigenvalue weighted by Gasteiger charge is 2.16. The molecule has 2 aromatic carbocycles. The van der Waals surface area contributed by atoms with Crippen LogP contribution in [0.25, 0.3) is 0 Å². The van der Waals surface area contributed by atoms with E-state index in [-0.39, 0.29) is 30.5 Å². The second-order valence-corrected chi connectivity index (χ2v) is 6.03. The third-order valence-corrected chi connectivity index (χ3v) is 4.19. The molecule has 1 amide bonds. The van der Waals surface area contributed by atoms with Gasteiger partial charge in [0, 0.05) is 44.5 Å². The molecule has 0 bridgehead atoms. The molecule has 0 fully saturated rings. The van der Waals surface area contributed by atoms with Crippen LogP contribution in [0.15, 0.2) is 54.6 Å². The van der Waals surface area contributed by atoms with Gasteiger partial charge in [-0.05, 0) is 24.1 Å². The summed E-state index contributed by atoms with van der Waals surface area (Å²) >= 11 is 0. The molecule has 0 aliphatic heterocycles. The van der Waals surface area contributed by atoms with Gasteiger partial charge in [-0.1, -0.05) is 30.3 Å². The second kappa shape index (κ2) is 11.3. The molecule has 2 rings (SSSR count). The topological polar surface area (TPSA) is 92.7 Å². The summed E-state index contributed by atoms with van der Waals surface area (Å²) in [6, 6.07) is 16.0. The molecule has 0 saturated heterocycles. The first kappa shape index (κ1) is 22.6. The van der Waals surface area contributed by atoms with Crippen molar-refractivity contribution in [2.24, 2.45) is 5.73 Å². The second-order valence-electron chi connectivity index (χ2n) is 6.03. The molecule has 0 saturated carbocycles. The van der Waals surface area contributed by atoms with Crippen molar-refractivity contribution >= 4 is 29.7 Å². The molecule has 0 spiro atoms. The minimum Gasteiger partial charge on any atom is -0.329 e. The smallest absolute Gasteiger partial charge is 0.269 e. The highest BCUT2D eigenvalue weighted by atomic mass is 35.5. The summed E-state index contributed by atoms with van der Waals surface area (Å²) in [6.45, 7) is 2.09. The van der Waals surface area contributed by atoms with Crippen molar-refractivity contribution in [3.8, 4) is 0 Å². The van der Waals surface area contributed by atoms with E-state index in [0.717, 1.165) is 13.0 Å². The van der Waals surface area contributed by atoms with E-state index >= 15 is 0 Å². The monoisotopic (exact) mass is 392 g/mol. The number of nitrogens with two attached hydrogens (primary N) is 1. The Hall–Kier alpha value is -2.48. The summed E-state index contributed by atoms with van der Waals surface area (Å²) in [5.41, 5.74) is 7.51. The lowest BCUT2D eigenvalue weighted by atomic mass is 10.1. The predicted octanol–water partition coefficient (Wildman–Crippen LogP) is 2.48. The molecule has 2 N–H and O–H groups in total. The molecule has 0 unspecified atom stereocenters. The summed E-state index contributed by atoms with van der Waals surface area (Å²) in [6.07, 6.45) is 0.843. The normalized spacial score (nSPS) is 10.3. The lowest BCUT2D eigenvalue weighted by Gasteiger charge is -2.24. The maximum absolute atomic E-state index is 12.6. The number of anilines is 1. The van der Waals surface area contributed by atoms with Gasteiger partial charge in [0.05, 0.1) is 11.5 Å². The van der Waals surface area contributed by atoms with Gasteiger partial charge >= 0.3 is 0 Å². The SMILES string of the molecule is CN(C(=O)CN(CCN)CCc1ccccc1)c1ccc([N+](=O)[O-])cc1.Cl. The Bertz CT molecular complexity index is 725. The van der Waals surface area contributed by atoms with Gasteiger partial charge < -0.3 is 10.6 Å². The van der Waals surface area contributed by atoms with Gasteiger partial charge in [-0.15, -0.1) is 12.4 Å². The number of nitrogens with zero attached hydrogens (tertiary/aromatic N) is 3. The lowest BCUT2D eigenvalue weighted by molar-refractivity contribution is -0.384. The molecule has 0 heterocycles. The maximum atomic E-state index is 12.6. The van der Waals surface area contributed by atoms with Gasteiger partial charge in [0.25, 0.3) is 5.69 Å². The van der Waals surface area contributed by atoms with Crippen LogP contribution in [0.4, 0.5) is 11.4 Å². The maximum Gasteiger partial charge on any atom is 0.269 e. The molecule has 8 heteroatoms. The van der Waals surface area contributed by atoms with Crippen LogP contribution in [0.5, 0.6) is 0 Å². The third-order valence-electron chi connectivity index (χ3n) is 4.19. The number of halogens is 1. The minimum absolute atomic E-state index is 0. The molecular formula is C19H25ClN4O3. The molecule has 27 heavy (non-hydrogen) atoms. The fourth-order valence-corrected chi connectivity index (χ4v) is 2.62. The van der Waals surface area contributed by atoms with Crippen LogP contribution in [0.3, 0.4) is 0 Å². The molecule has 146 valence electrons. The van der Waals surface area contributed by atoms with Crippen LogP contribution in [-0.2, 0) is 11.2 Å². The molecule has 7 nitrogen and oxygen atoms in total. The first-order chi connectivity index (χ1) is 12.5. The Morgan fingerprint density at radius 1 is 1.07 bits per heavy atom. The lowest BCUT2D eigenvalue weighted by Crippen LogP contribution is -2.41. The first-order valence-electron chi connectivity index (χ1n) is 8.48. The molecule has 0 aromatic heterocycles. The summed E-state index contributed by atoms with van der Waals surface area (Å²) in [4.78, 5) is 26.4. The molecule has 0 atom stereocenters. The number of rotatable bonds is 9. The van der Waals surface area contributed by atoms with Gasteiger partial charge in [0.15, 0.2) is 0 Å². The van der Waals surface area contributed by atoms with Crippen molar-refractivity contribution in [3.05, 3.63) is 70.3 Å². The van der Waals surface area contributed by atoms with Gasteiger partial charge in [-0.25, -0.2) is 0 Å². The van der Waals surface area contributed by atoms with E-state index in [2.05, 4.69) is 12.1 Å². The number of hydrogen-bond acceptors (Lipinski definition) is 5. The van der Waals surface area contributed by atoms with E-state index in [9.17, 15) is 14.9 Å². The number of hydrogen-bond donors (Lipinski definition) is 1. The minimum atomic E-state index is -0.460. The summed E-state index contributed by atoms with van der Waals surface area (Å²) in [7, 11) is 1.67. The Kier molecular flexibility index (Phi) is 9.42. The quantitative estimate of drug-likeness (QED) is 0.522. The van der Waals surface area contributed by atoms with Gasteiger partial charge in [0.1, 0.15) is 0 Å². The van der Waals surface area contributed by atoms with Crippen molar-refractivity contribution in [2.45, 2.75) is 6.42 Å². The molecule has 0 aliphatic rings. The van der Waals surface area contributed by atoms with E-state index < -0.39 is 4.92 Å². The molecule has 2 aromatic rings. The van der Waals surface area contributed by atoms with E-state index in [4.69, 9.17) is 5.73 Å². The van der Waals surface area contributed by atoms with E-state index in [1.54, 1.807) is 19.2 Å². The van der Waals surface area contributed by atoms with Crippen LogP contribution >= 0.6 is 12.4 Å². The molecule has 0 aliphatic carbocycles. The average molecular weight is 393 g/mol. The fraction of sp³-hybridized carbons (Fsp3) is 0.316. The summed E-state index contributed by atoms with van der Waals surface area (Å²) in [5.74, 6) is -0.0830. The molecule has 0 radical (unpaired) electrons. The number of likely N-dealkylation sites (N-methyl/N-ethyl adjacent to an activating group) is 1. The van der Waals surface area contributed by atoms with Crippen LogP contribution in [-0.4, -0.2) is 49.0 Å². The number of non-ortho nitro benzene ring substituents is 1. The van der Waals surface area contributed by atoms with Gasteiger partial charge in [0.2, 0.25) is 5.91 Å². The summed E-state index contributed by atoms with van der Waals surface area (Å²) < 4.78 is 0. The highest BCUT2D eigenvalue weighted by molar-refractivity contribution is 5.94. The van der Waals surface area contributed by atoms with Crippen LogP contribution in [0, 0.1) is 10.1 Å². The Morgan fingerprint density at radius 3 is 2.26 bits per heavy atom. The predicted molar refractivity (Wildman–Crippen MR) is 109 cm³/mol. The zero-order chi connectivity index (χ0) is 18.9. The Balaban J connectivity index is 0.00000364. The van der Waals surface area contributed by atoms with E-state index in [1.807, 2.05) is 23.1 Å². The standard InChI is InChI=1S/C19H24N4O3.ClH/c1-21(17-7-9-18(10-8-17)23(25)26)19(24)15-22(14-12-20)13-11-16-5-3-2-4-6-16;/h2-10H,11-15,20H2,1H3;1H. The first-order valence-corrected chi connectivity index (χ1v) is 8.48. The Labute approximate surface area is 165 Å². The number of benzene rings is 2. The molecular weight excluding hydrogens is 368 g/mol. The number of nitro benzene ring substituents is 1. The Morgan fingerprint density at radius 2 is 1.70 bits per heavy atom. The number of carbonyl (C=O) groups excluding carboxylic acids is 1. The largest absolute Gasteiger partial charge is 0.329 e. The van der Waals surface area contributed by atoms with Gasteiger partial charge in [-0.3, -0.25) is 19.8 Å². The zero-order valence-corrected chi connectivity index (χ0v) is 16.1. The number of amides is 1. The van der Waals surface area contributed by atoms with Gasteiger partial charge in [-0.2, -0.15) is 0 Å². The van der Waals surface area contributed by atoms with Crippen LogP contribution in [0.2, 0.25) is 0 Å². The highest BCUT2D eigenvalue weighted by Crippen LogP contribution is 2.18. The van der Waals surface area contributed by atoms with Crippen molar-refractivity contribution < 1.29 is 9.72 Å². The van der Waals surface area contributed by atoms with Crippen molar-refractivity contribution in [1.82, 2.24) is 4.90 Å². The fourth-order valence-electron chi connectivity index (χ4n) is 2.62. The number of nitro groups is 1. The van der Waals surface area contributed by atoms with Crippen molar-refractivity contribution in [3.63, 3.8) is 0 Å². The van der Waals surface area contributed by atoms with Crippen molar-refractivity contribution in [1.29, 1.82) is 0 Å². The zero-order valence-electron chi connectivity index (χ0n) is 15.3. The number of carbonyl (C=O) groups is 1. The van der Waals surface area contributed by atoms with Crippen LogP contribution < -0.4 is 10.6 Å². The summed E-state index contributed by atoms with van der Waals surface area (Å²) in [5, 5.41) is 10.7. The van der Waals surface area contributed by atoms with E-state index in [1.165, 1.54) is 22.6 Å². The van der Waals surface area contributed by atoms with Crippen LogP contribution in [0.1, 0.15) is 5.56 Å².